The van der Waals surface area contributed by atoms with Crippen LogP contribution in [0.5, 0.6) is 0 Å². The van der Waals surface area contributed by atoms with Crippen molar-refractivity contribution in [3.8, 4) is 0 Å². The summed E-state index contributed by atoms with van der Waals surface area (Å²) in [6, 6.07) is 0. The summed E-state index contributed by atoms with van der Waals surface area (Å²) < 4.78 is 5.18. The van der Waals surface area contributed by atoms with Crippen molar-refractivity contribution in [2.75, 3.05) is 19.6 Å². The lowest BCUT2D eigenvalue weighted by Crippen LogP contribution is -2.57. The van der Waals surface area contributed by atoms with E-state index >= 15 is 0 Å². The number of rotatable bonds is 4. The summed E-state index contributed by atoms with van der Waals surface area (Å²) in [4.78, 5) is 25.6. The van der Waals surface area contributed by atoms with Crippen LogP contribution in [0.3, 0.4) is 0 Å². The highest BCUT2D eigenvalue weighted by Gasteiger charge is 2.48. The minimum atomic E-state index is -1.35. The number of carboxylic acids is 1. The average Bonchev–Trinajstić information content (AvgIpc) is 2.95. The first-order valence-corrected chi connectivity index (χ1v) is 8.23. The Balaban J connectivity index is 1.99. The number of carbonyl (C=O) groups excluding carboxylic acids is 1. The predicted octanol–water partition coefficient (Wildman–Crippen LogP) is 1.35. The summed E-state index contributed by atoms with van der Waals surface area (Å²) in [7, 11) is 0. The number of hydrogen-bond acceptors (Lipinski definition) is 5. The molecular weight excluding hydrogens is 300 g/mol. The number of alkyl carbamates (subject to hydrolysis) is 1. The molecule has 2 aliphatic rings. The largest absolute Gasteiger partial charge is 0.479 e. The number of aliphatic hydroxyl groups is 1. The molecule has 0 aromatic carbocycles. The van der Waals surface area contributed by atoms with Crippen molar-refractivity contribution >= 4 is 12.1 Å². The van der Waals surface area contributed by atoms with Gasteiger partial charge in [0.1, 0.15) is 5.60 Å². The molecule has 1 heterocycles. The second kappa shape index (κ2) is 6.28. The molecule has 2 fully saturated rings. The SMILES string of the molecule is CC(C)(C)OC(=O)NC1(C(=O)O)CCN(CC2(O)CCCC2)C1. The van der Waals surface area contributed by atoms with E-state index in [1.807, 2.05) is 4.90 Å². The van der Waals surface area contributed by atoms with Crippen LogP contribution in [0.1, 0.15) is 52.9 Å². The molecule has 132 valence electrons. The zero-order valence-electron chi connectivity index (χ0n) is 14.2. The molecule has 7 nitrogen and oxygen atoms in total. The van der Waals surface area contributed by atoms with Crippen molar-refractivity contribution in [2.24, 2.45) is 0 Å². The third-order valence-corrected chi connectivity index (χ3v) is 4.55. The number of ether oxygens (including phenoxy) is 1. The fourth-order valence-corrected chi connectivity index (χ4v) is 3.46. The number of likely N-dealkylation sites (tertiary alicyclic amines) is 1. The topological polar surface area (TPSA) is 99.1 Å². The fourth-order valence-electron chi connectivity index (χ4n) is 3.46. The number of β-amino-alcohol motifs (C(OH)–C–C–N with tert-alkyl or cyclic N) is 1. The minimum absolute atomic E-state index is 0.184. The van der Waals surface area contributed by atoms with Crippen molar-refractivity contribution in [3.05, 3.63) is 0 Å². The van der Waals surface area contributed by atoms with E-state index in [1.54, 1.807) is 20.8 Å². The summed E-state index contributed by atoms with van der Waals surface area (Å²) >= 11 is 0. The first-order valence-electron chi connectivity index (χ1n) is 8.23. The van der Waals surface area contributed by atoms with Gasteiger partial charge in [-0.25, -0.2) is 9.59 Å². The molecule has 0 aromatic heterocycles. The molecule has 2 rings (SSSR count). The highest BCUT2D eigenvalue weighted by atomic mass is 16.6. The van der Waals surface area contributed by atoms with Crippen LogP contribution in [0.25, 0.3) is 0 Å². The van der Waals surface area contributed by atoms with E-state index in [1.165, 1.54) is 0 Å². The molecule has 1 atom stereocenters. The number of carbonyl (C=O) groups is 2. The van der Waals surface area contributed by atoms with E-state index in [9.17, 15) is 19.8 Å². The monoisotopic (exact) mass is 328 g/mol. The van der Waals surface area contributed by atoms with Gasteiger partial charge in [-0.3, -0.25) is 4.90 Å². The molecule has 0 bridgehead atoms. The van der Waals surface area contributed by atoms with Crippen LogP contribution in [0.4, 0.5) is 4.79 Å². The van der Waals surface area contributed by atoms with E-state index in [0.717, 1.165) is 25.7 Å². The Labute approximate surface area is 137 Å². The number of amides is 1. The van der Waals surface area contributed by atoms with E-state index < -0.39 is 28.8 Å². The van der Waals surface area contributed by atoms with E-state index in [2.05, 4.69) is 5.32 Å². The molecule has 1 aliphatic carbocycles. The zero-order valence-corrected chi connectivity index (χ0v) is 14.2. The Hall–Kier alpha value is -1.34. The van der Waals surface area contributed by atoms with Crippen LogP contribution in [0.15, 0.2) is 0 Å². The zero-order chi connectivity index (χ0) is 17.3. The summed E-state index contributed by atoms with van der Waals surface area (Å²) in [6.45, 7) is 6.37. The predicted molar refractivity (Wildman–Crippen MR) is 84.2 cm³/mol. The standard InChI is InChI=1S/C16H28N2O5/c1-14(2,3)23-13(21)17-16(12(19)20)8-9-18(11-16)10-15(22)6-4-5-7-15/h22H,4-11H2,1-3H3,(H,17,21)(H,19,20). The molecule has 1 amide bonds. The molecule has 7 heteroatoms. The Morgan fingerprint density at radius 3 is 2.35 bits per heavy atom. The van der Waals surface area contributed by atoms with Gasteiger partial charge in [0.15, 0.2) is 5.54 Å². The second-order valence-corrected chi connectivity index (χ2v) is 7.91. The first-order chi connectivity index (χ1) is 10.5. The summed E-state index contributed by atoms with van der Waals surface area (Å²) in [5, 5.41) is 22.6. The lowest BCUT2D eigenvalue weighted by atomic mass is 9.99. The number of carboxylic acid groups (broad SMARTS) is 1. The number of aliphatic carboxylic acids is 1. The quantitative estimate of drug-likeness (QED) is 0.720. The van der Waals surface area contributed by atoms with Crippen LogP contribution in [0, 0.1) is 0 Å². The van der Waals surface area contributed by atoms with Crippen LogP contribution >= 0.6 is 0 Å². The van der Waals surface area contributed by atoms with Gasteiger partial charge in [0.25, 0.3) is 0 Å². The maximum atomic E-state index is 12.0. The first kappa shape index (κ1) is 18.0. The molecule has 1 unspecified atom stereocenters. The van der Waals surface area contributed by atoms with Crippen molar-refractivity contribution in [3.63, 3.8) is 0 Å². The molecular formula is C16H28N2O5. The Morgan fingerprint density at radius 1 is 1.22 bits per heavy atom. The van der Waals surface area contributed by atoms with E-state index in [0.29, 0.717) is 19.5 Å². The summed E-state index contributed by atoms with van der Waals surface area (Å²) in [5.74, 6) is -1.07. The van der Waals surface area contributed by atoms with E-state index in [4.69, 9.17) is 4.74 Å². The molecule has 1 saturated heterocycles. The Bertz CT molecular complexity index is 468. The molecule has 1 saturated carbocycles. The van der Waals surface area contributed by atoms with Crippen LogP contribution in [-0.4, -0.2) is 63.6 Å². The summed E-state index contributed by atoms with van der Waals surface area (Å²) in [5.41, 5.74) is -2.75. The van der Waals surface area contributed by atoms with E-state index in [-0.39, 0.29) is 6.54 Å². The van der Waals surface area contributed by atoms with Gasteiger partial charge >= 0.3 is 12.1 Å². The van der Waals surface area contributed by atoms with Crippen molar-refractivity contribution in [1.29, 1.82) is 0 Å². The van der Waals surface area contributed by atoms with Gasteiger partial charge in [-0.1, -0.05) is 12.8 Å². The smallest absolute Gasteiger partial charge is 0.408 e. The second-order valence-electron chi connectivity index (χ2n) is 7.91. The maximum Gasteiger partial charge on any atom is 0.408 e. The maximum absolute atomic E-state index is 12.0. The third kappa shape index (κ3) is 4.57. The fraction of sp³-hybridized carbons (Fsp3) is 0.875. The van der Waals surface area contributed by atoms with Gasteiger partial charge in [-0.05, 0) is 40.0 Å². The van der Waals surface area contributed by atoms with Crippen LogP contribution < -0.4 is 5.32 Å². The lowest BCUT2D eigenvalue weighted by Gasteiger charge is -2.31. The van der Waals surface area contributed by atoms with Gasteiger partial charge in [-0.15, -0.1) is 0 Å². The van der Waals surface area contributed by atoms with Crippen LogP contribution in [-0.2, 0) is 9.53 Å². The molecule has 1 aliphatic heterocycles. The number of nitrogens with zero attached hydrogens (tertiary/aromatic N) is 1. The number of nitrogens with one attached hydrogen (secondary N) is 1. The van der Waals surface area contributed by atoms with Crippen molar-refractivity contribution in [2.45, 2.75) is 69.6 Å². The Morgan fingerprint density at radius 2 is 1.83 bits per heavy atom. The normalized spacial score (nSPS) is 27.8. The molecule has 0 radical (unpaired) electrons. The molecule has 0 spiro atoms. The highest BCUT2D eigenvalue weighted by molar-refractivity contribution is 5.85. The highest BCUT2D eigenvalue weighted by Crippen LogP contribution is 2.32. The van der Waals surface area contributed by atoms with Gasteiger partial charge in [0.05, 0.1) is 5.60 Å². The van der Waals surface area contributed by atoms with Crippen LogP contribution in [0.2, 0.25) is 0 Å². The average molecular weight is 328 g/mol. The lowest BCUT2D eigenvalue weighted by molar-refractivity contribution is -0.144. The van der Waals surface area contributed by atoms with Gasteiger partial charge < -0.3 is 20.3 Å². The van der Waals surface area contributed by atoms with Crippen molar-refractivity contribution in [1.82, 2.24) is 10.2 Å². The molecule has 3 N–H and O–H groups in total. The van der Waals surface area contributed by atoms with Gasteiger partial charge in [-0.2, -0.15) is 0 Å². The van der Waals surface area contributed by atoms with Gasteiger partial charge in [0.2, 0.25) is 0 Å². The molecule has 0 aromatic rings. The summed E-state index contributed by atoms with van der Waals surface area (Å²) in [6.07, 6.45) is 3.10. The minimum Gasteiger partial charge on any atom is -0.479 e. The number of hydrogen-bond donors (Lipinski definition) is 3. The molecule has 23 heavy (non-hydrogen) atoms. The van der Waals surface area contributed by atoms with Gasteiger partial charge in [0, 0.05) is 19.6 Å². The third-order valence-electron chi connectivity index (χ3n) is 4.55. The Kier molecular flexibility index (Phi) is 4.92. The van der Waals surface area contributed by atoms with Crippen molar-refractivity contribution < 1.29 is 24.5 Å².